The molecule has 0 saturated heterocycles. The van der Waals surface area contributed by atoms with Crippen LogP contribution in [-0.4, -0.2) is 17.9 Å². The van der Waals surface area contributed by atoms with Crippen molar-refractivity contribution in [1.29, 1.82) is 0 Å². The number of nitrogens with one attached hydrogen (secondary N) is 1. The zero-order valence-corrected chi connectivity index (χ0v) is 11.0. The van der Waals surface area contributed by atoms with E-state index in [4.69, 9.17) is 4.74 Å². The van der Waals surface area contributed by atoms with Gasteiger partial charge >= 0.3 is 0 Å². The van der Waals surface area contributed by atoms with E-state index in [1.807, 2.05) is 24.4 Å². The Kier molecular flexibility index (Phi) is 2.25. The third-order valence-corrected chi connectivity index (χ3v) is 4.86. The van der Waals surface area contributed by atoms with E-state index in [1.54, 1.807) is 7.11 Å². The lowest BCUT2D eigenvalue weighted by atomic mass is 10.0. The minimum absolute atomic E-state index is 0.291. The number of carbonyl (C=O) groups is 1. The fourth-order valence-electron chi connectivity index (χ4n) is 3.82. The number of fused-ring (bicyclic) bond motifs is 2. The van der Waals surface area contributed by atoms with E-state index < -0.39 is 0 Å². The van der Waals surface area contributed by atoms with Gasteiger partial charge in [-0.15, -0.1) is 0 Å². The summed E-state index contributed by atoms with van der Waals surface area (Å²) in [4.78, 5) is 15.8. The molecule has 0 aliphatic heterocycles. The SMILES string of the molecule is COc1ccc2[nH]cc(C(=O)C3C4CCCC43)c2c1. The van der Waals surface area contributed by atoms with Crippen LogP contribution in [0.1, 0.15) is 29.6 Å². The number of benzene rings is 1. The van der Waals surface area contributed by atoms with Crippen LogP contribution < -0.4 is 4.74 Å². The van der Waals surface area contributed by atoms with Gasteiger partial charge in [-0.25, -0.2) is 0 Å². The van der Waals surface area contributed by atoms with E-state index in [1.165, 1.54) is 19.3 Å². The van der Waals surface area contributed by atoms with E-state index in [0.29, 0.717) is 23.5 Å². The number of ketones is 1. The van der Waals surface area contributed by atoms with E-state index >= 15 is 0 Å². The standard InChI is InChI=1S/C16H17NO2/c1-19-9-5-6-14-12(7-9)13(8-17-14)16(18)15-10-3-2-4-11(10)15/h5-8,10-11,15,17H,2-4H2,1H3. The summed E-state index contributed by atoms with van der Waals surface area (Å²) in [6.45, 7) is 0. The summed E-state index contributed by atoms with van der Waals surface area (Å²) in [7, 11) is 1.65. The summed E-state index contributed by atoms with van der Waals surface area (Å²) in [5, 5.41) is 0.995. The number of carbonyl (C=O) groups excluding carboxylic acids is 1. The molecule has 2 atom stereocenters. The number of rotatable bonds is 3. The van der Waals surface area contributed by atoms with Gasteiger partial charge in [0.05, 0.1) is 7.11 Å². The molecule has 3 heteroatoms. The number of methoxy groups -OCH3 is 1. The van der Waals surface area contributed by atoms with Crippen LogP contribution in [-0.2, 0) is 0 Å². The summed E-state index contributed by atoms with van der Waals surface area (Å²) < 4.78 is 5.25. The second-order valence-corrected chi connectivity index (χ2v) is 5.76. The first-order chi connectivity index (χ1) is 9.29. The maximum absolute atomic E-state index is 12.6. The van der Waals surface area contributed by atoms with Crippen molar-refractivity contribution in [1.82, 2.24) is 4.98 Å². The van der Waals surface area contributed by atoms with E-state index in [0.717, 1.165) is 22.2 Å². The van der Waals surface area contributed by atoms with Crippen LogP contribution >= 0.6 is 0 Å². The summed E-state index contributed by atoms with van der Waals surface area (Å²) in [6, 6.07) is 5.84. The molecule has 0 bridgehead atoms. The Labute approximate surface area is 112 Å². The van der Waals surface area contributed by atoms with Crippen molar-refractivity contribution in [2.75, 3.05) is 7.11 Å². The van der Waals surface area contributed by atoms with Crippen molar-refractivity contribution in [2.45, 2.75) is 19.3 Å². The zero-order chi connectivity index (χ0) is 13.0. The number of hydrogen-bond donors (Lipinski definition) is 1. The number of hydrogen-bond acceptors (Lipinski definition) is 2. The average Bonchev–Trinajstić information content (AvgIpc) is 2.83. The highest BCUT2D eigenvalue weighted by atomic mass is 16.5. The number of aromatic amines is 1. The highest BCUT2D eigenvalue weighted by Crippen LogP contribution is 2.58. The molecule has 2 unspecified atom stereocenters. The Morgan fingerprint density at radius 2 is 2.11 bits per heavy atom. The third-order valence-electron chi connectivity index (χ3n) is 4.86. The average molecular weight is 255 g/mol. The lowest BCUT2D eigenvalue weighted by Crippen LogP contribution is -2.05. The summed E-state index contributed by atoms with van der Waals surface area (Å²) in [5.74, 6) is 2.76. The van der Waals surface area contributed by atoms with Gasteiger partial charge in [-0.3, -0.25) is 4.79 Å². The monoisotopic (exact) mass is 255 g/mol. The largest absolute Gasteiger partial charge is 0.497 e. The second-order valence-electron chi connectivity index (χ2n) is 5.76. The third kappa shape index (κ3) is 1.54. The van der Waals surface area contributed by atoms with Crippen LogP contribution in [0.2, 0.25) is 0 Å². The van der Waals surface area contributed by atoms with Crippen molar-refractivity contribution in [3.05, 3.63) is 30.0 Å². The Morgan fingerprint density at radius 1 is 1.32 bits per heavy atom. The van der Waals surface area contributed by atoms with Gasteiger partial charge in [-0.2, -0.15) is 0 Å². The lowest BCUT2D eigenvalue weighted by molar-refractivity contribution is 0.0953. The van der Waals surface area contributed by atoms with Crippen molar-refractivity contribution in [3.63, 3.8) is 0 Å². The normalized spacial score (nSPS) is 28.4. The molecular weight excluding hydrogens is 238 g/mol. The molecular formula is C16H17NO2. The van der Waals surface area contributed by atoms with Crippen LogP contribution in [0.4, 0.5) is 0 Å². The predicted octanol–water partition coefficient (Wildman–Crippen LogP) is 3.41. The summed E-state index contributed by atoms with van der Waals surface area (Å²) >= 11 is 0. The molecule has 0 spiro atoms. The molecule has 1 heterocycles. The topological polar surface area (TPSA) is 42.1 Å². The van der Waals surface area contributed by atoms with Crippen LogP contribution in [0.5, 0.6) is 5.75 Å². The Bertz CT molecular complexity index is 648. The van der Waals surface area contributed by atoms with Gasteiger partial charge in [0.1, 0.15) is 5.75 Å². The molecule has 1 aromatic carbocycles. The molecule has 1 N–H and O–H groups in total. The highest BCUT2D eigenvalue weighted by Gasteiger charge is 2.56. The smallest absolute Gasteiger partial charge is 0.168 e. The first kappa shape index (κ1) is 11.1. The number of aromatic nitrogens is 1. The molecule has 19 heavy (non-hydrogen) atoms. The van der Waals surface area contributed by atoms with Crippen LogP contribution in [0.15, 0.2) is 24.4 Å². The van der Waals surface area contributed by atoms with Gasteiger partial charge in [0, 0.05) is 28.6 Å². The van der Waals surface area contributed by atoms with E-state index in [9.17, 15) is 4.79 Å². The minimum Gasteiger partial charge on any atom is -0.497 e. The van der Waals surface area contributed by atoms with Gasteiger partial charge in [-0.05, 0) is 42.9 Å². The molecule has 2 aliphatic rings. The van der Waals surface area contributed by atoms with E-state index in [2.05, 4.69) is 4.98 Å². The van der Waals surface area contributed by atoms with Gasteiger partial charge in [0.2, 0.25) is 0 Å². The maximum Gasteiger partial charge on any atom is 0.168 e. The molecule has 2 saturated carbocycles. The molecule has 1 aromatic heterocycles. The first-order valence-electron chi connectivity index (χ1n) is 6.99. The summed E-state index contributed by atoms with van der Waals surface area (Å²) in [6.07, 6.45) is 5.65. The summed E-state index contributed by atoms with van der Waals surface area (Å²) in [5.41, 5.74) is 1.85. The van der Waals surface area contributed by atoms with Crippen LogP contribution in [0, 0.1) is 17.8 Å². The van der Waals surface area contributed by atoms with Crippen LogP contribution in [0.3, 0.4) is 0 Å². The maximum atomic E-state index is 12.6. The molecule has 2 aliphatic carbocycles. The number of H-pyrrole nitrogens is 1. The zero-order valence-electron chi connectivity index (χ0n) is 11.0. The first-order valence-corrected chi connectivity index (χ1v) is 6.99. The molecule has 2 fully saturated rings. The van der Waals surface area contributed by atoms with Crippen LogP contribution in [0.25, 0.3) is 10.9 Å². The van der Waals surface area contributed by atoms with E-state index in [-0.39, 0.29) is 0 Å². The van der Waals surface area contributed by atoms with Gasteiger partial charge < -0.3 is 9.72 Å². The van der Waals surface area contributed by atoms with Crippen molar-refractivity contribution >= 4 is 16.7 Å². The van der Waals surface area contributed by atoms with Gasteiger partial charge in [-0.1, -0.05) is 6.42 Å². The number of Topliss-reactive ketones (excluding diaryl/α,β-unsaturated/α-hetero) is 1. The second kappa shape index (κ2) is 3.86. The molecule has 4 rings (SSSR count). The Morgan fingerprint density at radius 3 is 2.84 bits per heavy atom. The quantitative estimate of drug-likeness (QED) is 0.854. The Hall–Kier alpha value is -1.77. The molecule has 2 aromatic rings. The minimum atomic E-state index is 0.291. The number of ether oxygens (including phenoxy) is 1. The van der Waals surface area contributed by atoms with Crippen molar-refractivity contribution in [3.8, 4) is 5.75 Å². The molecule has 3 nitrogen and oxygen atoms in total. The highest BCUT2D eigenvalue weighted by molar-refractivity contribution is 6.10. The fraction of sp³-hybridized carbons (Fsp3) is 0.438. The lowest BCUT2D eigenvalue weighted by Gasteiger charge is -2.03. The molecule has 0 amide bonds. The van der Waals surface area contributed by atoms with Gasteiger partial charge in [0.25, 0.3) is 0 Å². The Balaban J connectivity index is 1.72. The van der Waals surface area contributed by atoms with Gasteiger partial charge in [0.15, 0.2) is 5.78 Å². The molecule has 0 radical (unpaired) electrons. The van der Waals surface area contributed by atoms with Crippen molar-refractivity contribution in [2.24, 2.45) is 17.8 Å². The van der Waals surface area contributed by atoms with Crippen molar-refractivity contribution < 1.29 is 9.53 Å². The fourth-order valence-corrected chi connectivity index (χ4v) is 3.82. The molecule has 98 valence electrons. The predicted molar refractivity (Wildman–Crippen MR) is 73.5 cm³/mol.